The molecule has 1 aromatic heterocycles. The maximum absolute atomic E-state index is 12.5. The summed E-state index contributed by atoms with van der Waals surface area (Å²) >= 11 is 3.54. The van der Waals surface area contributed by atoms with E-state index >= 15 is 0 Å². The highest BCUT2D eigenvalue weighted by molar-refractivity contribution is 9.10. The lowest BCUT2D eigenvalue weighted by Gasteiger charge is -2.26. The summed E-state index contributed by atoms with van der Waals surface area (Å²) < 4.78 is 6.78. The first-order chi connectivity index (χ1) is 12.1. The van der Waals surface area contributed by atoms with Gasteiger partial charge < -0.3 is 9.32 Å². The summed E-state index contributed by atoms with van der Waals surface area (Å²) in [6.07, 6.45) is 4.67. The summed E-state index contributed by atoms with van der Waals surface area (Å²) in [7, 11) is 0. The molecular formula is C20H19BrN2O2. The van der Waals surface area contributed by atoms with Crippen LogP contribution in [0.15, 0.2) is 44.8 Å². The lowest BCUT2D eigenvalue weighted by Crippen LogP contribution is -2.36. The molecule has 3 rings (SSSR count). The van der Waals surface area contributed by atoms with Gasteiger partial charge in [-0.1, -0.05) is 22.0 Å². The minimum atomic E-state index is -0.211. The van der Waals surface area contributed by atoms with Gasteiger partial charge in [0, 0.05) is 29.2 Å². The van der Waals surface area contributed by atoms with Gasteiger partial charge in [-0.2, -0.15) is 5.26 Å². The summed E-state index contributed by atoms with van der Waals surface area (Å²) in [6, 6.07) is 11.7. The molecular weight excluding hydrogens is 380 g/mol. The van der Waals surface area contributed by atoms with Crippen molar-refractivity contribution in [2.24, 2.45) is 0 Å². The fourth-order valence-corrected chi connectivity index (χ4v) is 3.64. The molecule has 0 radical (unpaired) electrons. The van der Waals surface area contributed by atoms with E-state index in [-0.39, 0.29) is 11.5 Å². The average molecular weight is 399 g/mol. The van der Waals surface area contributed by atoms with Gasteiger partial charge in [-0.15, -0.1) is 0 Å². The molecule has 0 unspecified atom stereocenters. The number of furan rings is 1. The number of carbonyl (C=O) groups is 1. The fourth-order valence-electron chi connectivity index (χ4n) is 2.95. The molecule has 1 amide bonds. The first-order valence-corrected chi connectivity index (χ1v) is 9.15. The maximum atomic E-state index is 12.5. The van der Waals surface area contributed by atoms with E-state index in [0.717, 1.165) is 48.0 Å². The van der Waals surface area contributed by atoms with Gasteiger partial charge in [0.15, 0.2) is 0 Å². The fraction of sp³-hybridized carbons (Fsp3) is 0.300. The second-order valence-corrected chi connectivity index (χ2v) is 7.06. The number of amides is 1. The van der Waals surface area contributed by atoms with Crippen LogP contribution in [-0.2, 0) is 4.79 Å². The molecule has 1 aliphatic rings. The van der Waals surface area contributed by atoms with E-state index in [4.69, 9.17) is 4.42 Å². The zero-order valence-electron chi connectivity index (χ0n) is 14.1. The Morgan fingerprint density at radius 1 is 1.24 bits per heavy atom. The van der Waals surface area contributed by atoms with E-state index in [1.54, 1.807) is 11.0 Å². The number of hydrogen-bond acceptors (Lipinski definition) is 3. The van der Waals surface area contributed by atoms with Crippen LogP contribution < -0.4 is 0 Å². The molecule has 128 valence electrons. The Labute approximate surface area is 155 Å². The number of rotatable bonds is 3. The number of piperidine rings is 1. The smallest absolute Gasteiger partial charge is 0.264 e. The number of benzene rings is 1. The SMILES string of the molecule is Cc1ccc(-c2ccc(/C=C(\C#N)C(=O)N3CCCCC3)o2)c(Br)c1. The summed E-state index contributed by atoms with van der Waals surface area (Å²) in [4.78, 5) is 14.2. The number of halogens is 1. The van der Waals surface area contributed by atoms with E-state index in [1.807, 2.05) is 37.3 Å². The monoisotopic (exact) mass is 398 g/mol. The van der Waals surface area contributed by atoms with E-state index in [2.05, 4.69) is 15.9 Å². The third-order valence-electron chi connectivity index (χ3n) is 4.30. The van der Waals surface area contributed by atoms with Crippen molar-refractivity contribution in [2.75, 3.05) is 13.1 Å². The Kier molecular flexibility index (Phi) is 5.40. The van der Waals surface area contributed by atoms with Crippen LogP contribution in [0.5, 0.6) is 0 Å². The highest BCUT2D eigenvalue weighted by Crippen LogP contribution is 2.31. The largest absolute Gasteiger partial charge is 0.457 e. The van der Waals surface area contributed by atoms with Crippen LogP contribution >= 0.6 is 15.9 Å². The molecule has 0 spiro atoms. The molecule has 1 aromatic carbocycles. The van der Waals surface area contributed by atoms with Crippen molar-refractivity contribution in [3.05, 3.63) is 51.7 Å². The lowest BCUT2D eigenvalue weighted by molar-refractivity contribution is -0.127. The number of likely N-dealkylation sites (tertiary alicyclic amines) is 1. The predicted octanol–water partition coefficient (Wildman–Crippen LogP) is 4.94. The van der Waals surface area contributed by atoms with Crippen LogP contribution in [0.2, 0.25) is 0 Å². The number of nitrogens with zero attached hydrogens (tertiary/aromatic N) is 2. The van der Waals surface area contributed by atoms with Gasteiger partial charge >= 0.3 is 0 Å². The topological polar surface area (TPSA) is 57.2 Å². The molecule has 1 saturated heterocycles. The van der Waals surface area contributed by atoms with Gasteiger partial charge in [0.2, 0.25) is 0 Å². The molecule has 0 saturated carbocycles. The van der Waals surface area contributed by atoms with Crippen LogP contribution in [0.1, 0.15) is 30.6 Å². The predicted molar refractivity (Wildman–Crippen MR) is 101 cm³/mol. The van der Waals surface area contributed by atoms with E-state index < -0.39 is 0 Å². The second-order valence-electron chi connectivity index (χ2n) is 6.21. The summed E-state index contributed by atoms with van der Waals surface area (Å²) in [6.45, 7) is 3.46. The van der Waals surface area contributed by atoms with E-state index in [1.165, 1.54) is 6.08 Å². The highest BCUT2D eigenvalue weighted by Gasteiger charge is 2.20. The van der Waals surface area contributed by atoms with E-state index in [0.29, 0.717) is 11.5 Å². The molecule has 25 heavy (non-hydrogen) atoms. The van der Waals surface area contributed by atoms with Crippen molar-refractivity contribution in [1.82, 2.24) is 4.90 Å². The Hall–Kier alpha value is -2.32. The normalized spacial score (nSPS) is 15.1. The van der Waals surface area contributed by atoms with Crippen molar-refractivity contribution in [2.45, 2.75) is 26.2 Å². The van der Waals surface area contributed by atoms with E-state index in [9.17, 15) is 10.1 Å². The molecule has 2 aromatic rings. The minimum absolute atomic E-state index is 0.116. The van der Waals surface area contributed by atoms with Gasteiger partial charge in [-0.05, 0) is 56.0 Å². The molecule has 0 aliphatic carbocycles. The highest BCUT2D eigenvalue weighted by atomic mass is 79.9. The summed E-state index contributed by atoms with van der Waals surface area (Å²) in [5, 5.41) is 9.37. The van der Waals surface area contributed by atoms with Crippen molar-refractivity contribution in [3.63, 3.8) is 0 Å². The van der Waals surface area contributed by atoms with Gasteiger partial charge in [-0.25, -0.2) is 0 Å². The lowest BCUT2D eigenvalue weighted by atomic mass is 10.1. The van der Waals surface area contributed by atoms with Crippen molar-refractivity contribution in [3.8, 4) is 17.4 Å². The molecule has 1 aliphatic heterocycles. The summed E-state index contributed by atoms with van der Waals surface area (Å²) in [5.41, 5.74) is 2.21. The van der Waals surface area contributed by atoms with Gasteiger partial charge in [0.05, 0.1) is 0 Å². The third-order valence-corrected chi connectivity index (χ3v) is 4.95. The van der Waals surface area contributed by atoms with Crippen LogP contribution in [0.4, 0.5) is 0 Å². The van der Waals surface area contributed by atoms with Gasteiger partial charge in [-0.3, -0.25) is 4.79 Å². The van der Waals surface area contributed by atoms with Crippen molar-refractivity contribution >= 4 is 27.9 Å². The van der Waals surface area contributed by atoms with Crippen molar-refractivity contribution in [1.29, 1.82) is 5.26 Å². The zero-order valence-corrected chi connectivity index (χ0v) is 15.7. The molecule has 0 atom stereocenters. The maximum Gasteiger partial charge on any atom is 0.264 e. The standard InChI is InChI=1S/C20H19BrN2O2/c1-14-5-7-17(18(21)11-14)19-8-6-16(25-19)12-15(13-22)20(24)23-9-3-2-4-10-23/h5-8,11-12H,2-4,9-10H2,1H3/b15-12+. The first-order valence-electron chi connectivity index (χ1n) is 8.36. The Balaban J connectivity index is 1.84. The third kappa shape index (κ3) is 4.02. The Bertz CT molecular complexity index is 855. The molecule has 2 heterocycles. The number of nitriles is 1. The van der Waals surface area contributed by atoms with Crippen LogP contribution in [0, 0.1) is 18.3 Å². The van der Waals surface area contributed by atoms with Gasteiger partial charge in [0.25, 0.3) is 5.91 Å². The molecule has 5 heteroatoms. The molecule has 0 N–H and O–H groups in total. The number of aryl methyl sites for hydroxylation is 1. The zero-order chi connectivity index (χ0) is 17.8. The van der Waals surface area contributed by atoms with Crippen LogP contribution in [-0.4, -0.2) is 23.9 Å². The van der Waals surface area contributed by atoms with Gasteiger partial charge in [0.1, 0.15) is 23.2 Å². The first kappa shape index (κ1) is 17.5. The average Bonchev–Trinajstić information content (AvgIpc) is 3.08. The number of hydrogen-bond donors (Lipinski definition) is 0. The number of carbonyl (C=O) groups excluding carboxylic acids is 1. The minimum Gasteiger partial charge on any atom is -0.457 e. The van der Waals surface area contributed by atoms with Crippen LogP contribution in [0.3, 0.4) is 0 Å². The second kappa shape index (κ2) is 7.71. The molecule has 0 bridgehead atoms. The quantitative estimate of drug-likeness (QED) is 0.543. The van der Waals surface area contributed by atoms with Crippen LogP contribution in [0.25, 0.3) is 17.4 Å². The Morgan fingerprint density at radius 3 is 2.68 bits per heavy atom. The molecule has 4 nitrogen and oxygen atoms in total. The Morgan fingerprint density at radius 2 is 2.00 bits per heavy atom. The molecule has 1 fully saturated rings. The summed E-state index contributed by atoms with van der Waals surface area (Å²) in [5.74, 6) is 0.988. The van der Waals surface area contributed by atoms with Crippen molar-refractivity contribution < 1.29 is 9.21 Å².